The van der Waals surface area contributed by atoms with Crippen molar-refractivity contribution in [2.24, 2.45) is 10.8 Å². The number of amides is 1. The lowest BCUT2D eigenvalue weighted by Gasteiger charge is -2.65. The van der Waals surface area contributed by atoms with Crippen molar-refractivity contribution in [2.45, 2.75) is 106 Å². The summed E-state index contributed by atoms with van der Waals surface area (Å²) in [5, 5.41) is 4.02. The number of benzene rings is 2. The van der Waals surface area contributed by atoms with Gasteiger partial charge in [0.1, 0.15) is 5.67 Å². The highest BCUT2D eigenvalue weighted by Gasteiger charge is 2.73. The molecule has 8 aliphatic rings. The smallest absolute Gasteiger partial charge is 0.235 e. The summed E-state index contributed by atoms with van der Waals surface area (Å²) in [4.78, 5) is 21.1. The summed E-state index contributed by atoms with van der Waals surface area (Å²) >= 11 is 0. The Bertz CT molecular complexity index is 1750. The van der Waals surface area contributed by atoms with Gasteiger partial charge in [0, 0.05) is 29.3 Å². The number of hydrogen-bond donors (Lipinski definition) is 1. The second-order valence-corrected chi connectivity index (χ2v) is 17.3. The first-order valence-electron chi connectivity index (χ1n) is 16.6. The molecule has 2 aromatic carbocycles. The van der Waals surface area contributed by atoms with Gasteiger partial charge in [-0.3, -0.25) is 9.52 Å². The Morgan fingerprint density at radius 2 is 1.62 bits per heavy atom. The van der Waals surface area contributed by atoms with Crippen LogP contribution in [0.3, 0.4) is 0 Å². The van der Waals surface area contributed by atoms with Crippen LogP contribution in [0.2, 0.25) is 0 Å². The number of sulfonamides is 1. The fraction of sp³-hybridized carbons (Fsp3) is 0.571. The Kier molecular flexibility index (Phi) is 5.84. The monoisotopic (exact) mass is 630 g/mol. The molecule has 3 aromatic rings. The van der Waals surface area contributed by atoms with E-state index in [1.165, 1.54) is 0 Å². The van der Waals surface area contributed by atoms with Crippen molar-refractivity contribution in [3.05, 3.63) is 60.2 Å². The van der Waals surface area contributed by atoms with E-state index in [1.54, 1.807) is 12.1 Å². The van der Waals surface area contributed by atoms with Crippen LogP contribution in [0.1, 0.15) is 101 Å². The minimum absolute atomic E-state index is 0.00403. The lowest BCUT2D eigenvalue weighted by Crippen LogP contribution is -2.71. The van der Waals surface area contributed by atoms with Gasteiger partial charge in [-0.15, -0.1) is 0 Å². The maximum Gasteiger partial charge on any atom is 0.235 e. The maximum absolute atomic E-state index is 14.6. The minimum atomic E-state index is -3.33. The topological polar surface area (TPSA) is 105 Å². The van der Waals surface area contributed by atoms with Crippen LogP contribution in [0.15, 0.2) is 53.1 Å². The first-order valence-corrected chi connectivity index (χ1v) is 18.2. The van der Waals surface area contributed by atoms with Crippen LogP contribution < -0.4 is 9.62 Å². The summed E-state index contributed by atoms with van der Waals surface area (Å²) in [5.41, 5.74) is 1.52. The van der Waals surface area contributed by atoms with Gasteiger partial charge >= 0.3 is 0 Å². The van der Waals surface area contributed by atoms with Gasteiger partial charge in [-0.05, 0) is 124 Å². The Hall–Kier alpha value is -3.27. The highest BCUT2D eigenvalue weighted by molar-refractivity contribution is 7.93. The third kappa shape index (κ3) is 4.64. The van der Waals surface area contributed by atoms with Gasteiger partial charge in [0.25, 0.3) is 0 Å². The summed E-state index contributed by atoms with van der Waals surface area (Å²) in [6, 6.07) is 15.5. The Labute approximate surface area is 263 Å². The molecule has 8 fully saturated rings. The van der Waals surface area contributed by atoms with E-state index in [4.69, 9.17) is 9.51 Å². The molecule has 8 saturated carbocycles. The molecule has 8 nitrogen and oxygen atoms in total. The maximum atomic E-state index is 14.6. The van der Waals surface area contributed by atoms with Gasteiger partial charge in [0.05, 0.1) is 10.7 Å². The molecule has 0 atom stereocenters. The molecule has 11 rings (SSSR count). The first-order chi connectivity index (χ1) is 21.6. The van der Waals surface area contributed by atoms with E-state index in [-0.39, 0.29) is 22.0 Å². The number of hydrogen-bond acceptors (Lipinski definition) is 6. The normalized spacial score (nSPS) is 33.3. The highest BCUT2D eigenvalue weighted by atomic mass is 32.2. The van der Waals surface area contributed by atoms with Gasteiger partial charge in [-0.25, -0.2) is 12.8 Å². The van der Waals surface area contributed by atoms with Crippen LogP contribution in [0, 0.1) is 10.8 Å². The Balaban J connectivity index is 0.968. The van der Waals surface area contributed by atoms with E-state index in [1.807, 2.05) is 35.2 Å². The number of carbonyl (C=O) groups excluding carboxylic acids is 1. The molecule has 0 spiro atoms. The number of alkyl halides is 1. The predicted molar refractivity (Wildman–Crippen MR) is 168 cm³/mol. The van der Waals surface area contributed by atoms with Crippen molar-refractivity contribution in [2.75, 3.05) is 16.2 Å². The van der Waals surface area contributed by atoms with Crippen LogP contribution in [-0.4, -0.2) is 41.9 Å². The molecule has 1 aromatic heterocycles. The van der Waals surface area contributed by atoms with Crippen LogP contribution in [0.4, 0.5) is 15.8 Å². The zero-order valence-electron chi connectivity index (χ0n) is 25.4. The van der Waals surface area contributed by atoms with Gasteiger partial charge in [0.15, 0.2) is 5.82 Å². The third-order valence-electron chi connectivity index (χ3n) is 12.0. The molecule has 0 aliphatic heterocycles. The molecule has 45 heavy (non-hydrogen) atoms. The molecular formula is C35H39FN4O4S. The van der Waals surface area contributed by atoms with Gasteiger partial charge < -0.3 is 9.42 Å². The fourth-order valence-electron chi connectivity index (χ4n) is 8.78. The van der Waals surface area contributed by atoms with Crippen molar-refractivity contribution < 1.29 is 22.1 Å². The molecule has 236 valence electrons. The number of fused-ring (bicyclic) bond motifs is 3. The molecule has 0 saturated heterocycles. The van der Waals surface area contributed by atoms with Crippen molar-refractivity contribution in [3.8, 4) is 11.1 Å². The van der Waals surface area contributed by atoms with E-state index in [2.05, 4.69) is 15.9 Å². The zero-order valence-corrected chi connectivity index (χ0v) is 26.3. The van der Waals surface area contributed by atoms with Crippen molar-refractivity contribution in [3.63, 3.8) is 0 Å². The van der Waals surface area contributed by atoms with E-state index in [0.717, 1.165) is 79.9 Å². The number of aromatic nitrogens is 2. The SMILES string of the molecule is O=C(N(CC12CCC(c3nc(C4CC4)no3)(CC1)CC2)c1cccc(-c2ccc(NS(=O)(=O)C3CC3)cc2)c1)C12CC(F)(C1)C2. The molecule has 0 unspecified atom stereocenters. The summed E-state index contributed by atoms with van der Waals surface area (Å²) < 4.78 is 47.9. The van der Waals surface area contributed by atoms with E-state index in [0.29, 0.717) is 50.3 Å². The molecule has 1 heterocycles. The van der Waals surface area contributed by atoms with E-state index in [9.17, 15) is 17.6 Å². The third-order valence-corrected chi connectivity index (χ3v) is 13.9. The predicted octanol–water partition coefficient (Wildman–Crippen LogP) is 7.04. The number of rotatable bonds is 10. The minimum Gasteiger partial charge on any atom is -0.339 e. The van der Waals surface area contributed by atoms with E-state index >= 15 is 0 Å². The molecule has 0 radical (unpaired) electrons. The molecule has 10 heteroatoms. The second-order valence-electron chi connectivity index (χ2n) is 15.3. The number of carbonyl (C=O) groups is 1. The summed E-state index contributed by atoms with van der Waals surface area (Å²) in [6.07, 6.45) is 10.7. The quantitative estimate of drug-likeness (QED) is 0.258. The summed E-state index contributed by atoms with van der Waals surface area (Å²) in [5.74, 6) is 2.22. The summed E-state index contributed by atoms with van der Waals surface area (Å²) in [7, 11) is -3.33. The van der Waals surface area contributed by atoms with Crippen LogP contribution >= 0.6 is 0 Å². The van der Waals surface area contributed by atoms with Gasteiger partial charge in [0.2, 0.25) is 21.8 Å². The van der Waals surface area contributed by atoms with Crippen LogP contribution in [0.25, 0.3) is 11.1 Å². The van der Waals surface area contributed by atoms with Crippen molar-refractivity contribution in [1.82, 2.24) is 10.1 Å². The number of nitrogens with zero attached hydrogens (tertiary/aromatic N) is 3. The van der Waals surface area contributed by atoms with Crippen molar-refractivity contribution >= 4 is 27.3 Å². The fourth-order valence-corrected chi connectivity index (χ4v) is 10.2. The molecule has 1 amide bonds. The Morgan fingerprint density at radius 1 is 0.933 bits per heavy atom. The Morgan fingerprint density at radius 3 is 2.24 bits per heavy atom. The molecule has 1 N–H and O–H groups in total. The molecule has 4 bridgehead atoms. The first kappa shape index (κ1) is 28.0. The highest BCUT2D eigenvalue weighted by Crippen LogP contribution is 2.70. The van der Waals surface area contributed by atoms with Crippen LogP contribution in [-0.2, 0) is 20.2 Å². The lowest BCUT2D eigenvalue weighted by atomic mass is 9.41. The van der Waals surface area contributed by atoms with E-state index < -0.39 is 21.1 Å². The zero-order chi connectivity index (χ0) is 30.7. The molecule has 8 aliphatic carbocycles. The average Bonchev–Trinajstić information content (AvgIpc) is 3.97. The standard InChI is InChI=1S/C35H39FN4O4S/c36-35-19-34(20-35,21-35)31(41)40(22-32-12-15-33(16-13-32,17-14-32)30-37-29(38-44-30)24-4-5-24)27-3-1-2-25(18-27)23-6-8-26(9-7-23)39-45(42,43)28-10-11-28/h1-3,6-9,18,24,28,39H,4-5,10-17,19-22H2. The average molecular weight is 631 g/mol. The number of anilines is 2. The van der Waals surface area contributed by atoms with Gasteiger partial charge in [-0.1, -0.05) is 29.4 Å². The largest absolute Gasteiger partial charge is 0.339 e. The number of halogens is 1. The van der Waals surface area contributed by atoms with Crippen molar-refractivity contribution in [1.29, 1.82) is 0 Å². The molecular weight excluding hydrogens is 591 g/mol. The summed E-state index contributed by atoms with van der Waals surface area (Å²) in [6.45, 7) is 0.630. The van der Waals surface area contributed by atoms with Crippen LogP contribution in [0.5, 0.6) is 0 Å². The lowest BCUT2D eigenvalue weighted by molar-refractivity contribution is -0.211. The van der Waals surface area contributed by atoms with Gasteiger partial charge in [-0.2, -0.15) is 4.98 Å². The second kappa shape index (κ2) is 9.39. The number of nitrogens with one attached hydrogen (secondary N) is 1.